The SMILES string of the molecule is O=C1c2cc(CBr)ccc2CCN1Cc1cc(Cl)cc(Cl)c1. The summed E-state index contributed by atoms with van der Waals surface area (Å²) < 4.78 is 0. The van der Waals surface area contributed by atoms with Gasteiger partial charge in [0.05, 0.1) is 0 Å². The second kappa shape index (κ2) is 6.61. The molecule has 22 heavy (non-hydrogen) atoms. The number of hydrogen-bond acceptors (Lipinski definition) is 1. The Kier molecular flexibility index (Phi) is 4.76. The lowest BCUT2D eigenvalue weighted by atomic mass is 9.96. The predicted molar refractivity (Wildman–Crippen MR) is 94.0 cm³/mol. The van der Waals surface area contributed by atoms with Crippen LogP contribution in [0.1, 0.15) is 27.0 Å². The Morgan fingerprint density at radius 3 is 2.45 bits per heavy atom. The van der Waals surface area contributed by atoms with Gasteiger partial charge in [0.25, 0.3) is 5.91 Å². The fourth-order valence-corrected chi connectivity index (χ4v) is 3.64. The second-order valence-corrected chi connectivity index (χ2v) is 6.81. The average Bonchev–Trinajstić information content (AvgIpc) is 2.49. The van der Waals surface area contributed by atoms with Crippen molar-refractivity contribution in [1.82, 2.24) is 4.90 Å². The maximum Gasteiger partial charge on any atom is 0.254 e. The summed E-state index contributed by atoms with van der Waals surface area (Å²) in [4.78, 5) is 14.6. The van der Waals surface area contributed by atoms with E-state index in [2.05, 4.69) is 28.1 Å². The molecule has 2 aromatic carbocycles. The van der Waals surface area contributed by atoms with Crippen molar-refractivity contribution in [2.45, 2.75) is 18.3 Å². The predicted octanol–water partition coefficient (Wildman–Crippen LogP) is 5.09. The highest BCUT2D eigenvalue weighted by atomic mass is 79.9. The molecule has 2 aromatic rings. The summed E-state index contributed by atoms with van der Waals surface area (Å²) in [5.74, 6) is 0.0696. The molecule has 0 unspecified atom stereocenters. The molecular formula is C17H14BrCl2NO. The summed E-state index contributed by atoms with van der Waals surface area (Å²) >= 11 is 15.5. The molecule has 0 spiro atoms. The van der Waals surface area contributed by atoms with Gasteiger partial charge in [-0.3, -0.25) is 4.79 Å². The number of carbonyl (C=O) groups excluding carboxylic acids is 1. The van der Waals surface area contributed by atoms with Gasteiger partial charge in [-0.15, -0.1) is 0 Å². The largest absolute Gasteiger partial charge is 0.334 e. The Labute approximate surface area is 148 Å². The van der Waals surface area contributed by atoms with Crippen LogP contribution in [-0.4, -0.2) is 17.4 Å². The summed E-state index contributed by atoms with van der Waals surface area (Å²) in [6.45, 7) is 1.24. The van der Waals surface area contributed by atoms with Crippen molar-refractivity contribution >= 4 is 45.0 Å². The zero-order valence-electron chi connectivity index (χ0n) is 11.8. The first-order valence-corrected chi connectivity index (χ1v) is 8.86. The molecule has 114 valence electrons. The molecule has 1 aliphatic heterocycles. The quantitative estimate of drug-likeness (QED) is 0.659. The molecule has 0 saturated carbocycles. The molecule has 1 heterocycles. The lowest BCUT2D eigenvalue weighted by Crippen LogP contribution is -2.37. The number of carbonyl (C=O) groups is 1. The Bertz CT molecular complexity index is 712. The molecule has 0 fully saturated rings. The Balaban J connectivity index is 1.86. The number of rotatable bonds is 3. The van der Waals surface area contributed by atoms with E-state index in [9.17, 15) is 4.79 Å². The van der Waals surface area contributed by atoms with E-state index in [1.165, 1.54) is 0 Å². The molecule has 1 aliphatic rings. The van der Waals surface area contributed by atoms with Gasteiger partial charge in [-0.05, 0) is 47.4 Å². The first-order chi connectivity index (χ1) is 10.6. The van der Waals surface area contributed by atoms with Gasteiger partial charge in [0.15, 0.2) is 0 Å². The molecule has 0 aromatic heterocycles. The van der Waals surface area contributed by atoms with Crippen molar-refractivity contribution in [3.05, 3.63) is 68.7 Å². The van der Waals surface area contributed by atoms with Crippen LogP contribution in [0.15, 0.2) is 36.4 Å². The minimum absolute atomic E-state index is 0.0696. The van der Waals surface area contributed by atoms with Crippen molar-refractivity contribution in [2.24, 2.45) is 0 Å². The molecule has 3 rings (SSSR count). The average molecular weight is 399 g/mol. The first kappa shape index (κ1) is 15.9. The van der Waals surface area contributed by atoms with Gasteiger partial charge in [0.1, 0.15) is 0 Å². The fraction of sp³-hybridized carbons (Fsp3) is 0.235. The minimum Gasteiger partial charge on any atom is -0.334 e. The molecule has 5 heteroatoms. The van der Waals surface area contributed by atoms with Crippen LogP contribution in [0, 0.1) is 0 Å². The molecular weight excluding hydrogens is 385 g/mol. The van der Waals surface area contributed by atoms with Gasteiger partial charge in [-0.2, -0.15) is 0 Å². The third-order valence-corrected chi connectivity index (χ3v) is 4.88. The minimum atomic E-state index is 0.0696. The number of benzene rings is 2. The lowest BCUT2D eigenvalue weighted by Gasteiger charge is -2.29. The van der Waals surface area contributed by atoms with Gasteiger partial charge in [0.2, 0.25) is 0 Å². The van der Waals surface area contributed by atoms with Crippen LogP contribution in [0.4, 0.5) is 0 Å². The number of halogens is 3. The molecule has 0 atom stereocenters. The van der Waals surface area contributed by atoms with Gasteiger partial charge in [-0.1, -0.05) is 51.3 Å². The molecule has 0 N–H and O–H groups in total. The van der Waals surface area contributed by atoms with Crippen LogP contribution < -0.4 is 0 Å². The maximum absolute atomic E-state index is 12.7. The van der Waals surface area contributed by atoms with E-state index in [0.717, 1.165) is 34.0 Å². The highest BCUT2D eigenvalue weighted by Gasteiger charge is 2.24. The normalized spacial score (nSPS) is 14.1. The summed E-state index contributed by atoms with van der Waals surface area (Å²) in [5, 5.41) is 1.93. The Morgan fingerprint density at radius 2 is 1.77 bits per heavy atom. The van der Waals surface area contributed by atoms with E-state index in [-0.39, 0.29) is 5.91 Å². The maximum atomic E-state index is 12.7. The summed E-state index contributed by atoms with van der Waals surface area (Å²) in [6.07, 6.45) is 0.873. The number of nitrogens with zero attached hydrogens (tertiary/aromatic N) is 1. The zero-order valence-corrected chi connectivity index (χ0v) is 14.9. The summed E-state index contributed by atoms with van der Waals surface area (Å²) in [5.41, 5.74) is 3.98. The molecule has 2 nitrogen and oxygen atoms in total. The van der Waals surface area contributed by atoms with Crippen molar-refractivity contribution in [3.63, 3.8) is 0 Å². The van der Waals surface area contributed by atoms with E-state index in [4.69, 9.17) is 23.2 Å². The van der Waals surface area contributed by atoms with E-state index >= 15 is 0 Å². The Hall–Kier alpha value is -1.03. The van der Waals surface area contributed by atoms with Crippen molar-refractivity contribution in [3.8, 4) is 0 Å². The van der Waals surface area contributed by atoms with Crippen LogP contribution in [0.5, 0.6) is 0 Å². The van der Waals surface area contributed by atoms with Crippen molar-refractivity contribution in [1.29, 1.82) is 0 Å². The van der Waals surface area contributed by atoms with E-state index in [0.29, 0.717) is 23.1 Å². The Morgan fingerprint density at radius 1 is 1.05 bits per heavy atom. The summed E-state index contributed by atoms with van der Waals surface area (Å²) in [7, 11) is 0. The molecule has 0 radical (unpaired) electrons. The molecule has 0 saturated heterocycles. The van der Waals surface area contributed by atoms with Crippen LogP contribution in [0.25, 0.3) is 0 Å². The topological polar surface area (TPSA) is 20.3 Å². The third kappa shape index (κ3) is 3.32. The number of fused-ring (bicyclic) bond motifs is 1. The molecule has 1 amide bonds. The van der Waals surface area contributed by atoms with Crippen LogP contribution in [0.2, 0.25) is 10.0 Å². The van der Waals surface area contributed by atoms with Gasteiger partial charge in [0, 0.05) is 34.0 Å². The summed E-state index contributed by atoms with van der Waals surface area (Å²) in [6, 6.07) is 11.5. The van der Waals surface area contributed by atoms with Gasteiger partial charge >= 0.3 is 0 Å². The van der Waals surface area contributed by atoms with Crippen LogP contribution in [-0.2, 0) is 18.3 Å². The molecule has 0 bridgehead atoms. The molecule has 0 aliphatic carbocycles. The monoisotopic (exact) mass is 397 g/mol. The highest BCUT2D eigenvalue weighted by Crippen LogP contribution is 2.25. The van der Waals surface area contributed by atoms with Crippen molar-refractivity contribution < 1.29 is 4.79 Å². The smallest absolute Gasteiger partial charge is 0.254 e. The zero-order chi connectivity index (χ0) is 15.7. The number of hydrogen-bond donors (Lipinski definition) is 0. The van der Waals surface area contributed by atoms with Gasteiger partial charge < -0.3 is 4.90 Å². The van der Waals surface area contributed by atoms with Crippen molar-refractivity contribution in [2.75, 3.05) is 6.54 Å². The second-order valence-electron chi connectivity index (χ2n) is 5.38. The van der Waals surface area contributed by atoms with E-state index < -0.39 is 0 Å². The van der Waals surface area contributed by atoms with Crippen LogP contribution >= 0.6 is 39.1 Å². The standard InChI is InChI=1S/C17H14BrCl2NO/c18-9-11-1-2-13-3-4-21(17(22)16(13)7-11)10-12-5-14(19)8-15(20)6-12/h1-2,5-8H,3-4,9-10H2. The van der Waals surface area contributed by atoms with Gasteiger partial charge in [-0.25, -0.2) is 0 Å². The third-order valence-electron chi connectivity index (χ3n) is 3.79. The first-order valence-electron chi connectivity index (χ1n) is 6.99. The lowest BCUT2D eigenvalue weighted by molar-refractivity contribution is 0.0727. The fourth-order valence-electron chi connectivity index (χ4n) is 2.72. The number of amides is 1. The van der Waals surface area contributed by atoms with E-state index in [1.54, 1.807) is 6.07 Å². The van der Waals surface area contributed by atoms with E-state index in [1.807, 2.05) is 23.1 Å². The highest BCUT2D eigenvalue weighted by molar-refractivity contribution is 9.08. The number of alkyl halides is 1. The van der Waals surface area contributed by atoms with Crippen LogP contribution in [0.3, 0.4) is 0 Å².